The van der Waals surface area contributed by atoms with Crippen molar-refractivity contribution in [1.82, 2.24) is 9.88 Å². The zero-order chi connectivity index (χ0) is 17.5. The highest BCUT2D eigenvalue weighted by atomic mass is 19.3. The van der Waals surface area contributed by atoms with Crippen LogP contribution in [0.4, 0.5) is 8.78 Å². The van der Waals surface area contributed by atoms with Crippen molar-refractivity contribution in [3.05, 3.63) is 59.9 Å². The van der Waals surface area contributed by atoms with Crippen molar-refractivity contribution < 1.29 is 18.3 Å². The quantitative estimate of drug-likeness (QED) is 0.725. The average molecular weight is 348 g/mol. The highest BCUT2D eigenvalue weighted by Gasteiger charge is 2.21. The van der Waals surface area contributed by atoms with Crippen LogP contribution in [0.2, 0.25) is 0 Å². The third kappa shape index (κ3) is 5.47. The van der Waals surface area contributed by atoms with Crippen LogP contribution in [0.25, 0.3) is 0 Å². The molecule has 25 heavy (non-hydrogen) atoms. The molecule has 1 fully saturated rings. The lowest BCUT2D eigenvalue weighted by Crippen LogP contribution is -2.31. The van der Waals surface area contributed by atoms with Crippen molar-refractivity contribution >= 4 is 0 Å². The molecule has 1 aliphatic rings. The summed E-state index contributed by atoms with van der Waals surface area (Å²) in [6.07, 6.45) is 5.80. The number of hydrogen-bond donors (Lipinski definition) is 0. The number of hydrogen-bond acceptors (Lipinski definition) is 4. The Labute approximate surface area is 146 Å². The van der Waals surface area contributed by atoms with Gasteiger partial charge in [0.25, 0.3) is 0 Å². The molecule has 0 spiro atoms. The summed E-state index contributed by atoms with van der Waals surface area (Å²) in [4.78, 5) is 6.25. The van der Waals surface area contributed by atoms with Gasteiger partial charge in [0.15, 0.2) is 0 Å². The van der Waals surface area contributed by atoms with E-state index in [2.05, 4.69) is 14.6 Å². The fourth-order valence-corrected chi connectivity index (χ4v) is 3.09. The summed E-state index contributed by atoms with van der Waals surface area (Å²) in [5, 5.41) is 0. The zero-order valence-corrected chi connectivity index (χ0v) is 14.0. The van der Waals surface area contributed by atoms with Gasteiger partial charge in [0.1, 0.15) is 5.75 Å². The molecule has 0 radical (unpaired) electrons. The molecule has 0 saturated carbocycles. The lowest BCUT2D eigenvalue weighted by Gasteiger charge is -2.26. The van der Waals surface area contributed by atoms with Crippen molar-refractivity contribution in [2.24, 2.45) is 0 Å². The van der Waals surface area contributed by atoms with Crippen molar-refractivity contribution in [2.45, 2.75) is 38.6 Å². The molecular weight excluding hydrogens is 326 g/mol. The first-order valence-electron chi connectivity index (χ1n) is 8.46. The van der Waals surface area contributed by atoms with Crippen LogP contribution in [0.3, 0.4) is 0 Å². The Bertz CT molecular complexity index is 649. The second-order valence-electron chi connectivity index (χ2n) is 6.15. The molecule has 4 nitrogen and oxygen atoms in total. The van der Waals surface area contributed by atoms with Crippen LogP contribution in [0.5, 0.6) is 5.75 Å². The molecule has 2 aromatic rings. The summed E-state index contributed by atoms with van der Waals surface area (Å²) in [5.41, 5.74) is 1.87. The van der Waals surface area contributed by atoms with E-state index >= 15 is 0 Å². The lowest BCUT2D eigenvalue weighted by molar-refractivity contribution is -0.0509. The van der Waals surface area contributed by atoms with Gasteiger partial charge in [-0.05, 0) is 36.6 Å². The third-order valence-corrected chi connectivity index (χ3v) is 4.22. The topological polar surface area (TPSA) is 34.6 Å². The standard InChI is InChI=1S/C19H22F2N2O2/c20-19(21)25-18-6-2-1-4-16(18)13-23(14-17-5-3-11-24-17)12-15-7-9-22-10-8-15/h1-2,4,6-10,17,19H,3,5,11-14H2/t17-/m0/s1. The Balaban J connectivity index is 1.74. The summed E-state index contributed by atoms with van der Waals surface area (Å²) in [5.74, 6) is 0.226. The smallest absolute Gasteiger partial charge is 0.387 e. The summed E-state index contributed by atoms with van der Waals surface area (Å²) in [6, 6.07) is 10.9. The van der Waals surface area contributed by atoms with Gasteiger partial charge >= 0.3 is 6.61 Å². The van der Waals surface area contributed by atoms with E-state index in [0.29, 0.717) is 13.1 Å². The average Bonchev–Trinajstić information content (AvgIpc) is 3.10. The largest absolute Gasteiger partial charge is 0.434 e. The number of para-hydroxylation sites is 1. The van der Waals surface area contributed by atoms with Gasteiger partial charge in [-0.2, -0.15) is 8.78 Å². The summed E-state index contributed by atoms with van der Waals surface area (Å²) in [6.45, 7) is -0.0614. The number of pyridine rings is 1. The highest BCUT2D eigenvalue weighted by Crippen LogP contribution is 2.24. The van der Waals surface area contributed by atoms with E-state index in [1.807, 2.05) is 24.3 Å². The minimum absolute atomic E-state index is 0.185. The molecule has 0 N–H and O–H groups in total. The van der Waals surface area contributed by atoms with Crippen LogP contribution in [0, 0.1) is 0 Å². The van der Waals surface area contributed by atoms with Gasteiger partial charge < -0.3 is 9.47 Å². The summed E-state index contributed by atoms with van der Waals surface area (Å²) in [7, 11) is 0. The van der Waals surface area contributed by atoms with E-state index in [1.165, 1.54) is 0 Å². The molecule has 0 aliphatic carbocycles. The second-order valence-corrected chi connectivity index (χ2v) is 6.15. The molecule has 134 valence electrons. The first kappa shape index (κ1) is 17.8. The maximum atomic E-state index is 12.6. The minimum Gasteiger partial charge on any atom is -0.434 e. The lowest BCUT2D eigenvalue weighted by atomic mass is 10.1. The van der Waals surface area contributed by atoms with Crippen molar-refractivity contribution in [3.8, 4) is 5.75 Å². The van der Waals surface area contributed by atoms with Crippen molar-refractivity contribution in [1.29, 1.82) is 0 Å². The molecule has 1 aromatic carbocycles. The maximum Gasteiger partial charge on any atom is 0.387 e. The maximum absolute atomic E-state index is 12.6. The first-order chi connectivity index (χ1) is 12.2. The minimum atomic E-state index is -2.83. The number of alkyl halides is 2. The van der Waals surface area contributed by atoms with E-state index in [0.717, 1.165) is 37.1 Å². The molecule has 0 unspecified atom stereocenters. The Kier molecular flexibility index (Phi) is 6.30. The van der Waals surface area contributed by atoms with Crippen LogP contribution >= 0.6 is 0 Å². The molecule has 0 amide bonds. The number of rotatable bonds is 8. The summed E-state index contributed by atoms with van der Waals surface area (Å²) < 4.78 is 35.7. The fourth-order valence-electron chi connectivity index (χ4n) is 3.09. The van der Waals surface area contributed by atoms with E-state index in [9.17, 15) is 8.78 Å². The molecule has 3 rings (SSSR count). The first-order valence-corrected chi connectivity index (χ1v) is 8.46. The predicted octanol–water partition coefficient (Wildman–Crippen LogP) is 3.86. The van der Waals surface area contributed by atoms with E-state index < -0.39 is 6.61 Å². The SMILES string of the molecule is FC(F)Oc1ccccc1CN(Cc1ccncc1)C[C@@H]1CCCO1. The molecule has 0 bridgehead atoms. The molecule has 6 heteroatoms. The van der Waals surface area contributed by atoms with Gasteiger partial charge in [0, 0.05) is 44.2 Å². The van der Waals surface area contributed by atoms with Crippen LogP contribution in [0.1, 0.15) is 24.0 Å². The third-order valence-electron chi connectivity index (χ3n) is 4.22. The Hall–Kier alpha value is -2.05. The highest BCUT2D eigenvalue weighted by molar-refractivity contribution is 5.33. The molecule has 1 aliphatic heterocycles. The van der Waals surface area contributed by atoms with E-state index in [4.69, 9.17) is 4.74 Å². The zero-order valence-electron chi connectivity index (χ0n) is 14.0. The van der Waals surface area contributed by atoms with Crippen LogP contribution in [-0.2, 0) is 17.8 Å². The van der Waals surface area contributed by atoms with Gasteiger partial charge in [-0.3, -0.25) is 9.88 Å². The Morgan fingerprint density at radius 2 is 1.96 bits per heavy atom. The molecule has 1 saturated heterocycles. The van der Waals surface area contributed by atoms with Crippen LogP contribution in [-0.4, -0.2) is 35.8 Å². The second kappa shape index (κ2) is 8.87. The molecule has 1 atom stereocenters. The molecule has 2 heterocycles. The molecular formula is C19H22F2N2O2. The summed E-state index contributed by atoms with van der Waals surface area (Å²) >= 11 is 0. The molecule has 1 aromatic heterocycles. The predicted molar refractivity (Wildman–Crippen MR) is 90.4 cm³/mol. The van der Waals surface area contributed by atoms with Gasteiger partial charge in [-0.15, -0.1) is 0 Å². The van der Waals surface area contributed by atoms with Crippen molar-refractivity contribution in [3.63, 3.8) is 0 Å². The number of nitrogens with zero attached hydrogens (tertiary/aromatic N) is 2. The van der Waals surface area contributed by atoms with Crippen LogP contribution in [0.15, 0.2) is 48.8 Å². The number of aromatic nitrogens is 1. The van der Waals surface area contributed by atoms with Gasteiger partial charge in [0.2, 0.25) is 0 Å². The van der Waals surface area contributed by atoms with E-state index in [1.54, 1.807) is 24.5 Å². The number of benzene rings is 1. The van der Waals surface area contributed by atoms with Gasteiger partial charge in [-0.1, -0.05) is 18.2 Å². The Morgan fingerprint density at radius 1 is 1.16 bits per heavy atom. The van der Waals surface area contributed by atoms with Crippen molar-refractivity contribution in [2.75, 3.05) is 13.2 Å². The monoisotopic (exact) mass is 348 g/mol. The van der Waals surface area contributed by atoms with E-state index in [-0.39, 0.29) is 11.9 Å². The van der Waals surface area contributed by atoms with Crippen LogP contribution < -0.4 is 4.74 Å². The number of ether oxygens (including phenoxy) is 2. The fraction of sp³-hybridized carbons (Fsp3) is 0.421. The van der Waals surface area contributed by atoms with Gasteiger partial charge in [0.05, 0.1) is 6.10 Å². The number of halogens is 2. The van der Waals surface area contributed by atoms with Gasteiger partial charge in [-0.25, -0.2) is 0 Å². The Morgan fingerprint density at radius 3 is 2.68 bits per heavy atom. The normalized spacial score (nSPS) is 17.4.